The Morgan fingerprint density at radius 2 is 2.00 bits per heavy atom. The minimum atomic E-state index is -2.86. The highest BCUT2D eigenvalue weighted by atomic mass is 19.3. The fourth-order valence-electron chi connectivity index (χ4n) is 1.33. The predicted octanol–water partition coefficient (Wildman–Crippen LogP) is 2.92. The van der Waals surface area contributed by atoms with E-state index < -0.39 is 6.61 Å². The number of hydrogen-bond donors (Lipinski definition) is 1. The molecule has 0 amide bonds. The molecule has 0 radical (unpaired) electrons. The molecule has 18 heavy (non-hydrogen) atoms. The second-order valence-electron chi connectivity index (χ2n) is 3.73. The first-order valence-electron chi connectivity index (χ1n) is 5.55. The zero-order valence-corrected chi connectivity index (χ0v) is 10.6. The molecule has 1 N–H and O–H groups in total. The number of benzene rings is 1. The maximum Gasteiger partial charge on any atom is 0.387 e. The van der Waals surface area contributed by atoms with Crippen LogP contribution < -0.4 is 14.8 Å². The first-order valence-corrected chi connectivity index (χ1v) is 5.55. The van der Waals surface area contributed by atoms with Crippen LogP contribution in [0.5, 0.6) is 11.5 Å². The van der Waals surface area contributed by atoms with E-state index in [2.05, 4.69) is 10.1 Å². The lowest BCUT2D eigenvalue weighted by Crippen LogP contribution is -2.17. The van der Waals surface area contributed by atoms with Crippen molar-refractivity contribution in [1.82, 2.24) is 5.32 Å². The summed E-state index contributed by atoms with van der Waals surface area (Å²) in [6, 6.07) is 5.04. The van der Waals surface area contributed by atoms with Crippen LogP contribution in [-0.4, -0.2) is 26.8 Å². The Kier molecular flexibility index (Phi) is 5.58. The highest BCUT2D eigenvalue weighted by molar-refractivity contribution is 5.56. The molecule has 1 atom stereocenters. The number of halogens is 2. The van der Waals surface area contributed by atoms with Crippen molar-refractivity contribution in [2.45, 2.75) is 19.6 Å². The molecular weight excluding hydrogens is 240 g/mol. The second kappa shape index (κ2) is 6.96. The van der Waals surface area contributed by atoms with Gasteiger partial charge in [-0.15, -0.1) is 0 Å². The summed E-state index contributed by atoms with van der Waals surface area (Å²) >= 11 is 0. The predicted molar refractivity (Wildman–Crippen MR) is 67.2 cm³/mol. The molecule has 0 aliphatic heterocycles. The molecular formula is C13H17F2NO2. The van der Waals surface area contributed by atoms with Crippen molar-refractivity contribution in [3.63, 3.8) is 0 Å². The Morgan fingerprint density at radius 3 is 2.56 bits per heavy atom. The van der Waals surface area contributed by atoms with Gasteiger partial charge in [-0.25, -0.2) is 0 Å². The molecule has 0 bridgehead atoms. The number of ether oxygens (including phenoxy) is 2. The van der Waals surface area contributed by atoms with Gasteiger partial charge in [0.1, 0.15) is 0 Å². The van der Waals surface area contributed by atoms with E-state index >= 15 is 0 Å². The smallest absolute Gasteiger partial charge is 0.387 e. The van der Waals surface area contributed by atoms with E-state index in [4.69, 9.17) is 4.74 Å². The summed E-state index contributed by atoms with van der Waals surface area (Å²) in [6.45, 7) is -0.855. The van der Waals surface area contributed by atoms with Gasteiger partial charge < -0.3 is 14.8 Å². The fraction of sp³-hybridized carbons (Fsp3) is 0.385. The Morgan fingerprint density at radius 1 is 1.28 bits per heavy atom. The summed E-state index contributed by atoms with van der Waals surface area (Å²) in [7, 11) is 3.27. The topological polar surface area (TPSA) is 30.5 Å². The third kappa shape index (κ3) is 4.33. The molecule has 1 unspecified atom stereocenters. The van der Waals surface area contributed by atoms with Crippen LogP contribution in [0.1, 0.15) is 12.5 Å². The fourth-order valence-corrected chi connectivity index (χ4v) is 1.33. The Labute approximate surface area is 105 Å². The first kappa shape index (κ1) is 14.4. The van der Waals surface area contributed by atoms with Crippen molar-refractivity contribution < 1.29 is 18.3 Å². The number of alkyl halides is 2. The van der Waals surface area contributed by atoms with Crippen molar-refractivity contribution in [2.75, 3.05) is 14.2 Å². The summed E-state index contributed by atoms with van der Waals surface area (Å²) in [5.74, 6) is 0.320. The third-order valence-electron chi connectivity index (χ3n) is 2.44. The number of nitrogens with one attached hydrogen (secondary N) is 1. The molecule has 3 nitrogen and oxygen atoms in total. The molecule has 0 saturated carbocycles. The van der Waals surface area contributed by atoms with Gasteiger partial charge in [-0.05, 0) is 31.7 Å². The lowest BCUT2D eigenvalue weighted by molar-refractivity contribution is -0.0512. The van der Waals surface area contributed by atoms with E-state index in [0.29, 0.717) is 0 Å². The molecule has 100 valence electrons. The van der Waals surface area contributed by atoms with Crippen molar-refractivity contribution in [1.29, 1.82) is 0 Å². The van der Waals surface area contributed by atoms with Gasteiger partial charge >= 0.3 is 6.61 Å². The van der Waals surface area contributed by atoms with Crippen molar-refractivity contribution in [3.05, 3.63) is 29.8 Å². The van der Waals surface area contributed by atoms with E-state index in [1.54, 1.807) is 12.1 Å². The van der Waals surface area contributed by atoms with E-state index in [1.165, 1.54) is 13.2 Å². The second-order valence-corrected chi connectivity index (χ2v) is 3.73. The van der Waals surface area contributed by atoms with E-state index in [-0.39, 0.29) is 17.5 Å². The average molecular weight is 257 g/mol. The molecule has 0 fully saturated rings. The van der Waals surface area contributed by atoms with E-state index in [0.717, 1.165) is 5.56 Å². The largest absolute Gasteiger partial charge is 0.493 e. The van der Waals surface area contributed by atoms with Gasteiger partial charge in [0.05, 0.1) is 7.11 Å². The summed E-state index contributed by atoms with van der Waals surface area (Å²) in [4.78, 5) is 0. The molecule has 0 heterocycles. The van der Waals surface area contributed by atoms with Gasteiger partial charge in [0, 0.05) is 6.04 Å². The van der Waals surface area contributed by atoms with Gasteiger partial charge in [-0.3, -0.25) is 0 Å². The lowest BCUT2D eigenvalue weighted by atomic mass is 10.1. The minimum absolute atomic E-state index is 0.0336. The van der Waals surface area contributed by atoms with Crippen molar-refractivity contribution in [2.24, 2.45) is 0 Å². The Hall–Kier alpha value is -1.62. The molecule has 0 aliphatic carbocycles. The average Bonchev–Trinajstić information content (AvgIpc) is 2.36. The van der Waals surface area contributed by atoms with Gasteiger partial charge in [0.15, 0.2) is 11.5 Å². The van der Waals surface area contributed by atoms with Gasteiger partial charge in [0.25, 0.3) is 0 Å². The molecule has 5 heteroatoms. The quantitative estimate of drug-likeness (QED) is 0.850. The molecule has 1 aromatic carbocycles. The van der Waals surface area contributed by atoms with Crippen LogP contribution in [-0.2, 0) is 0 Å². The van der Waals surface area contributed by atoms with Crippen LogP contribution in [0, 0.1) is 0 Å². The number of rotatable bonds is 6. The van der Waals surface area contributed by atoms with Crippen LogP contribution in [0.4, 0.5) is 8.78 Å². The number of methoxy groups -OCH3 is 1. The van der Waals surface area contributed by atoms with Gasteiger partial charge in [-0.1, -0.05) is 18.2 Å². The highest BCUT2D eigenvalue weighted by Crippen LogP contribution is 2.29. The third-order valence-corrected chi connectivity index (χ3v) is 2.44. The zero-order valence-electron chi connectivity index (χ0n) is 10.6. The van der Waals surface area contributed by atoms with Crippen molar-refractivity contribution in [3.8, 4) is 11.5 Å². The highest BCUT2D eigenvalue weighted by Gasteiger charge is 2.10. The maximum atomic E-state index is 12.1. The monoisotopic (exact) mass is 257 g/mol. The molecule has 0 aliphatic rings. The van der Waals surface area contributed by atoms with Gasteiger partial charge in [-0.2, -0.15) is 8.78 Å². The summed E-state index contributed by atoms with van der Waals surface area (Å²) in [5.41, 5.74) is 0.857. The standard InChI is InChI=1S/C13H17F2NO2/c1-9(16-2)4-5-10-6-7-11(18-13(14)15)12(8-10)17-3/h4-9,13,16H,1-3H3/b5-4+. The Bertz CT molecular complexity index is 408. The van der Waals surface area contributed by atoms with Gasteiger partial charge in [0.2, 0.25) is 0 Å². The van der Waals surface area contributed by atoms with Crippen LogP contribution in [0.3, 0.4) is 0 Å². The number of hydrogen-bond acceptors (Lipinski definition) is 3. The molecule has 1 aromatic rings. The SMILES string of the molecule is CNC(C)/C=C/c1ccc(OC(F)F)c(OC)c1. The molecule has 0 spiro atoms. The normalized spacial score (nSPS) is 13.0. The van der Waals surface area contributed by atoms with Crippen LogP contribution in [0.2, 0.25) is 0 Å². The van der Waals surface area contributed by atoms with E-state index in [9.17, 15) is 8.78 Å². The zero-order chi connectivity index (χ0) is 13.5. The maximum absolute atomic E-state index is 12.1. The summed E-state index contributed by atoms with van der Waals surface area (Å²) < 4.78 is 33.6. The van der Waals surface area contributed by atoms with Crippen LogP contribution in [0.25, 0.3) is 6.08 Å². The van der Waals surface area contributed by atoms with Crippen LogP contribution >= 0.6 is 0 Å². The summed E-state index contributed by atoms with van der Waals surface area (Å²) in [5, 5.41) is 3.06. The molecule has 0 saturated heterocycles. The van der Waals surface area contributed by atoms with E-state index in [1.807, 2.05) is 26.1 Å². The molecule has 1 rings (SSSR count). The summed E-state index contributed by atoms with van der Waals surface area (Å²) in [6.07, 6.45) is 3.85. The minimum Gasteiger partial charge on any atom is -0.493 e. The lowest BCUT2D eigenvalue weighted by Gasteiger charge is -2.10. The number of likely N-dealkylation sites (N-methyl/N-ethyl adjacent to an activating group) is 1. The van der Waals surface area contributed by atoms with Crippen molar-refractivity contribution >= 4 is 6.08 Å². The van der Waals surface area contributed by atoms with Crippen LogP contribution in [0.15, 0.2) is 24.3 Å². The Balaban J connectivity index is 2.88. The molecule has 0 aromatic heterocycles. The first-order chi connectivity index (χ1) is 8.56.